The molecule has 1 aliphatic heterocycles. The Labute approximate surface area is 76.5 Å². The Balaban J connectivity index is 2.29. The van der Waals surface area contributed by atoms with Crippen molar-refractivity contribution in [3.8, 4) is 0 Å². The zero-order valence-corrected chi connectivity index (χ0v) is 8.51. The van der Waals surface area contributed by atoms with Crippen LogP contribution in [-0.2, 0) is 4.74 Å². The largest absolute Gasteiger partial charge is 0.381 e. The fraction of sp³-hybridized carbons (Fsp3) is 1.00. The predicted octanol–water partition coefficient (Wildman–Crippen LogP) is 3.24. The van der Waals surface area contributed by atoms with Gasteiger partial charge in [-0.05, 0) is 18.3 Å². The van der Waals surface area contributed by atoms with E-state index in [1.54, 1.807) is 0 Å². The molecule has 0 spiro atoms. The maximum Gasteiger partial charge on any atom is 0.0497 e. The van der Waals surface area contributed by atoms with E-state index >= 15 is 0 Å². The molecule has 1 heteroatoms. The smallest absolute Gasteiger partial charge is 0.0497 e. The fourth-order valence-electron chi connectivity index (χ4n) is 2.28. The third-order valence-corrected chi connectivity index (χ3v) is 2.95. The van der Waals surface area contributed by atoms with Crippen molar-refractivity contribution in [3.63, 3.8) is 0 Å². The van der Waals surface area contributed by atoms with Crippen molar-refractivity contribution in [1.82, 2.24) is 0 Å². The summed E-state index contributed by atoms with van der Waals surface area (Å²) in [5, 5.41) is 0. The second-order valence-corrected chi connectivity index (χ2v) is 3.96. The molecule has 0 aromatic carbocycles. The highest BCUT2D eigenvalue weighted by molar-refractivity contribution is 4.73. The van der Waals surface area contributed by atoms with Gasteiger partial charge in [0.15, 0.2) is 0 Å². The summed E-state index contributed by atoms with van der Waals surface area (Å²) in [6.07, 6.45) is 6.79. The molecule has 0 aromatic heterocycles. The number of rotatable bonds is 5. The average molecular weight is 170 g/mol. The number of hydrogen-bond donors (Lipinski definition) is 0. The summed E-state index contributed by atoms with van der Waals surface area (Å²) in [7, 11) is 0. The van der Waals surface area contributed by atoms with E-state index in [0.29, 0.717) is 0 Å². The molecule has 0 radical (unpaired) electrons. The molecule has 1 unspecified atom stereocenters. The van der Waals surface area contributed by atoms with Crippen LogP contribution in [0.2, 0.25) is 0 Å². The van der Waals surface area contributed by atoms with Crippen LogP contribution in [0, 0.1) is 11.8 Å². The topological polar surface area (TPSA) is 9.23 Å². The van der Waals surface area contributed by atoms with Gasteiger partial charge < -0.3 is 4.74 Å². The predicted molar refractivity (Wildman–Crippen MR) is 52.2 cm³/mol. The Hall–Kier alpha value is -0.0400. The number of hydrogen-bond acceptors (Lipinski definition) is 1. The van der Waals surface area contributed by atoms with Crippen molar-refractivity contribution in [1.29, 1.82) is 0 Å². The maximum atomic E-state index is 5.43. The Kier molecular flexibility index (Phi) is 4.67. The van der Waals surface area contributed by atoms with Gasteiger partial charge in [0.2, 0.25) is 0 Å². The zero-order chi connectivity index (χ0) is 8.81. The van der Waals surface area contributed by atoms with Gasteiger partial charge >= 0.3 is 0 Å². The summed E-state index contributed by atoms with van der Waals surface area (Å²) in [4.78, 5) is 0. The minimum absolute atomic E-state index is 0.880. The molecule has 1 fully saturated rings. The Morgan fingerprint density at radius 3 is 2.33 bits per heavy atom. The third kappa shape index (κ3) is 2.78. The van der Waals surface area contributed by atoms with Crippen LogP contribution in [0.25, 0.3) is 0 Å². The molecule has 0 amide bonds. The molecule has 1 rings (SSSR count). The molecule has 1 saturated heterocycles. The van der Waals surface area contributed by atoms with E-state index in [1.165, 1.54) is 32.1 Å². The zero-order valence-electron chi connectivity index (χ0n) is 8.51. The molecule has 1 aliphatic rings. The van der Waals surface area contributed by atoms with Crippen LogP contribution in [0.4, 0.5) is 0 Å². The van der Waals surface area contributed by atoms with E-state index in [0.717, 1.165) is 25.0 Å². The quantitative estimate of drug-likeness (QED) is 0.615. The van der Waals surface area contributed by atoms with E-state index in [-0.39, 0.29) is 0 Å². The molecule has 72 valence electrons. The van der Waals surface area contributed by atoms with Crippen LogP contribution >= 0.6 is 0 Å². The molecular formula is C11H22O. The first kappa shape index (κ1) is 10.0. The van der Waals surface area contributed by atoms with Gasteiger partial charge in [0.25, 0.3) is 0 Å². The highest BCUT2D eigenvalue weighted by atomic mass is 16.5. The van der Waals surface area contributed by atoms with Gasteiger partial charge in [-0.2, -0.15) is 0 Å². The van der Waals surface area contributed by atoms with E-state index in [1.807, 2.05) is 0 Å². The van der Waals surface area contributed by atoms with Gasteiger partial charge in [0.05, 0.1) is 0 Å². The van der Waals surface area contributed by atoms with Crippen LogP contribution in [0.1, 0.15) is 46.0 Å². The molecule has 0 saturated carbocycles. The van der Waals surface area contributed by atoms with Crippen molar-refractivity contribution < 1.29 is 4.74 Å². The van der Waals surface area contributed by atoms with E-state index in [2.05, 4.69) is 13.8 Å². The molecule has 1 atom stereocenters. The lowest BCUT2D eigenvalue weighted by Gasteiger charge is -2.20. The maximum absolute atomic E-state index is 5.43. The SMILES string of the molecule is CCCC(CCC)C1CCOC1. The van der Waals surface area contributed by atoms with Gasteiger partial charge in [-0.3, -0.25) is 0 Å². The van der Waals surface area contributed by atoms with Crippen molar-refractivity contribution in [2.45, 2.75) is 46.0 Å². The van der Waals surface area contributed by atoms with E-state index in [9.17, 15) is 0 Å². The summed E-state index contributed by atoms with van der Waals surface area (Å²) >= 11 is 0. The lowest BCUT2D eigenvalue weighted by atomic mass is 9.85. The summed E-state index contributed by atoms with van der Waals surface area (Å²) < 4.78 is 5.43. The third-order valence-electron chi connectivity index (χ3n) is 2.95. The Morgan fingerprint density at radius 2 is 1.92 bits per heavy atom. The van der Waals surface area contributed by atoms with Gasteiger partial charge in [-0.15, -0.1) is 0 Å². The highest BCUT2D eigenvalue weighted by Gasteiger charge is 2.23. The summed E-state index contributed by atoms with van der Waals surface area (Å²) in [6, 6.07) is 0. The summed E-state index contributed by atoms with van der Waals surface area (Å²) in [5.41, 5.74) is 0. The van der Waals surface area contributed by atoms with Gasteiger partial charge in [0.1, 0.15) is 0 Å². The fourth-order valence-corrected chi connectivity index (χ4v) is 2.28. The van der Waals surface area contributed by atoms with Crippen LogP contribution < -0.4 is 0 Å². The standard InChI is InChI=1S/C11H22O/c1-3-5-10(6-4-2)11-7-8-12-9-11/h10-11H,3-9H2,1-2H3. The van der Waals surface area contributed by atoms with Crippen LogP contribution in [0.5, 0.6) is 0 Å². The molecule has 0 aromatic rings. The minimum Gasteiger partial charge on any atom is -0.381 e. The van der Waals surface area contributed by atoms with Crippen LogP contribution in [0.3, 0.4) is 0 Å². The second-order valence-electron chi connectivity index (χ2n) is 3.96. The van der Waals surface area contributed by atoms with Crippen molar-refractivity contribution >= 4 is 0 Å². The van der Waals surface area contributed by atoms with Crippen molar-refractivity contribution in [2.75, 3.05) is 13.2 Å². The first-order valence-electron chi connectivity index (χ1n) is 5.46. The van der Waals surface area contributed by atoms with Crippen molar-refractivity contribution in [3.05, 3.63) is 0 Å². The Morgan fingerprint density at radius 1 is 1.25 bits per heavy atom. The minimum atomic E-state index is 0.880. The van der Waals surface area contributed by atoms with Crippen LogP contribution in [-0.4, -0.2) is 13.2 Å². The second kappa shape index (κ2) is 5.58. The molecule has 1 heterocycles. The van der Waals surface area contributed by atoms with Gasteiger partial charge in [0, 0.05) is 13.2 Å². The first-order chi connectivity index (χ1) is 5.88. The molecule has 0 aliphatic carbocycles. The van der Waals surface area contributed by atoms with E-state index < -0.39 is 0 Å². The molecule has 12 heavy (non-hydrogen) atoms. The highest BCUT2D eigenvalue weighted by Crippen LogP contribution is 2.29. The first-order valence-corrected chi connectivity index (χ1v) is 5.46. The summed E-state index contributed by atoms with van der Waals surface area (Å²) in [6.45, 7) is 6.62. The normalized spacial score (nSPS) is 23.8. The number of ether oxygens (including phenoxy) is 1. The molecular weight excluding hydrogens is 148 g/mol. The van der Waals surface area contributed by atoms with Gasteiger partial charge in [-0.25, -0.2) is 0 Å². The summed E-state index contributed by atoms with van der Waals surface area (Å²) in [5.74, 6) is 1.83. The van der Waals surface area contributed by atoms with Crippen molar-refractivity contribution in [2.24, 2.45) is 11.8 Å². The molecule has 1 nitrogen and oxygen atoms in total. The monoisotopic (exact) mass is 170 g/mol. The van der Waals surface area contributed by atoms with Crippen LogP contribution in [0.15, 0.2) is 0 Å². The van der Waals surface area contributed by atoms with E-state index in [4.69, 9.17) is 4.74 Å². The molecule has 0 bridgehead atoms. The average Bonchev–Trinajstić information content (AvgIpc) is 2.56. The van der Waals surface area contributed by atoms with Gasteiger partial charge in [-0.1, -0.05) is 39.5 Å². The lowest BCUT2D eigenvalue weighted by molar-refractivity contribution is 0.166. The lowest BCUT2D eigenvalue weighted by Crippen LogP contribution is -2.14. The molecule has 0 N–H and O–H groups in total. The Bertz CT molecular complexity index is 99.6.